The van der Waals surface area contributed by atoms with E-state index in [1.165, 1.54) is 33.5 Å². The van der Waals surface area contributed by atoms with Crippen LogP contribution in [0.15, 0.2) is 18.5 Å². The summed E-state index contributed by atoms with van der Waals surface area (Å²) in [6, 6.07) is 1.49. The summed E-state index contributed by atoms with van der Waals surface area (Å²) < 4.78 is 31.7. The Bertz CT molecular complexity index is 867. The van der Waals surface area contributed by atoms with Crippen LogP contribution in [0.1, 0.15) is 17.3 Å². The predicted octanol–water partition coefficient (Wildman–Crippen LogP) is 0.471. The largest absolute Gasteiger partial charge is 0.496 e. The highest BCUT2D eigenvalue weighted by Gasteiger charge is 2.27. The van der Waals surface area contributed by atoms with Gasteiger partial charge in [0.2, 0.25) is 5.78 Å². The van der Waals surface area contributed by atoms with Gasteiger partial charge in [0, 0.05) is 33.4 Å². The van der Waals surface area contributed by atoms with E-state index in [0.717, 1.165) is 21.4 Å². The summed E-state index contributed by atoms with van der Waals surface area (Å²) in [6.45, 7) is 1.12. The molecule has 0 atom stereocenters. The van der Waals surface area contributed by atoms with Crippen molar-refractivity contribution in [1.82, 2.24) is 13.3 Å². The van der Waals surface area contributed by atoms with Crippen LogP contribution in [0.5, 0.6) is 5.75 Å². The summed E-state index contributed by atoms with van der Waals surface area (Å²) in [7, 11) is 0.195. The summed E-state index contributed by atoms with van der Waals surface area (Å²) in [6.07, 6.45) is 2.46. The number of methoxy groups -OCH3 is 1. The van der Waals surface area contributed by atoms with Gasteiger partial charge in [-0.15, -0.1) is 0 Å². The Morgan fingerprint density at radius 3 is 2.45 bits per heavy atom. The number of pyridine rings is 1. The smallest absolute Gasteiger partial charge is 0.308 e. The van der Waals surface area contributed by atoms with Crippen LogP contribution >= 0.6 is 0 Å². The molecule has 0 aliphatic heterocycles. The zero-order valence-electron chi connectivity index (χ0n) is 12.5. The Balaban J connectivity index is 2.93. The van der Waals surface area contributed by atoms with E-state index in [-0.39, 0.29) is 22.3 Å². The van der Waals surface area contributed by atoms with Gasteiger partial charge in [0.25, 0.3) is 0 Å². The molecule has 0 saturated heterocycles. The van der Waals surface area contributed by atoms with Gasteiger partial charge in [0.05, 0.1) is 18.1 Å². The summed E-state index contributed by atoms with van der Waals surface area (Å²) >= 11 is 0. The Morgan fingerprint density at radius 2 is 1.95 bits per heavy atom. The van der Waals surface area contributed by atoms with E-state index in [0.29, 0.717) is 0 Å². The Morgan fingerprint density at radius 1 is 1.32 bits per heavy atom. The number of carbonyl (C=O) groups is 2. The fourth-order valence-corrected chi connectivity index (χ4v) is 2.93. The van der Waals surface area contributed by atoms with Crippen molar-refractivity contribution in [3.63, 3.8) is 0 Å². The Kier molecular flexibility index (Phi) is 4.03. The van der Waals surface area contributed by atoms with Gasteiger partial charge in [-0.05, 0) is 6.07 Å². The molecule has 2 rings (SSSR count). The highest BCUT2D eigenvalue weighted by atomic mass is 32.2. The van der Waals surface area contributed by atoms with Gasteiger partial charge in [-0.2, -0.15) is 12.7 Å². The van der Waals surface area contributed by atoms with Crippen molar-refractivity contribution in [3.05, 3.63) is 24.0 Å². The summed E-state index contributed by atoms with van der Waals surface area (Å²) in [5.74, 6) is -1.24. The normalized spacial score (nSPS) is 11.9. The molecule has 0 unspecified atom stereocenters. The van der Waals surface area contributed by atoms with Crippen LogP contribution in [0.2, 0.25) is 0 Å². The van der Waals surface area contributed by atoms with Crippen LogP contribution < -0.4 is 4.74 Å². The van der Waals surface area contributed by atoms with E-state index < -0.39 is 21.8 Å². The molecule has 0 N–H and O–H groups in total. The molecule has 8 nitrogen and oxygen atoms in total. The average Bonchev–Trinajstić information content (AvgIpc) is 2.86. The highest BCUT2D eigenvalue weighted by Crippen LogP contribution is 2.30. The molecule has 118 valence electrons. The lowest BCUT2D eigenvalue weighted by Crippen LogP contribution is -2.28. The molecule has 0 fully saturated rings. The number of ketones is 2. The van der Waals surface area contributed by atoms with E-state index in [9.17, 15) is 18.0 Å². The molecule has 0 aromatic carbocycles. The highest BCUT2D eigenvalue weighted by molar-refractivity contribution is 7.87. The second-order valence-electron chi connectivity index (χ2n) is 4.73. The minimum atomic E-state index is -3.90. The molecule has 22 heavy (non-hydrogen) atoms. The third kappa shape index (κ3) is 2.38. The molecule has 0 aliphatic rings. The monoisotopic (exact) mass is 325 g/mol. The van der Waals surface area contributed by atoms with Gasteiger partial charge < -0.3 is 4.74 Å². The SMILES string of the molecule is COc1ccnc2c1c(C(=O)C(C)=O)cn2S(=O)(=O)N(C)C. The van der Waals surface area contributed by atoms with Crippen molar-refractivity contribution in [3.8, 4) is 5.75 Å². The van der Waals surface area contributed by atoms with E-state index in [1.807, 2.05) is 0 Å². The van der Waals surface area contributed by atoms with Gasteiger partial charge in [0.1, 0.15) is 5.75 Å². The number of hydrogen-bond acceptors (Lipinski definition) is 6. The van der Waals surface area contributed by atoms with E-state index in [4.69, 9.17) is 4.74 Å². The lowest BCUT2D eigenvalue weighted by atomic mass is 10.1. The van der Waals surface area contributed by atoms with Crippen LogP contribution in [0.3, 0.4) is 0 Å². The Hall–Kier alpha value is -2.26. The molecule has 2 heterocycles. The fraction of sp³-hybridized carbons (Fsp3) is 0.308. The first-order chi connectivity index (χ1) is 10.2. The topological polar surface area (TPSA) is 98.6 Å². The number of Topliss-reactive ketones (excluding diaryl/α,β-unsaturated/α-hetero) is 2. The van der Waals surface area contributed by atoms with Gasteiger partial charge in [-0.3, -0.25) is 9.59 Å². The predicted molar refractivity (Wildman–Crippen MR) is 79.3 cm³/mol. The van der Waals surface area contributed by atoms with Crippen molar-refractivity contribution in [2.24, 2.45) is 0 Å². The molecule has 0 bridgehead atoms. The number of nitrogens with zero attached hydrogens (tertiary/aromatic N) is 3. The van der Waals surface area contributed by atoms with Crippen molar-refractivity contribution in [2.75, 3.05) is 21.2 Å². The quantitative estimate of drug-likeness (QED) is 0.585. The van der Waals surface area contributed by atoms with Gasteiger partial charge in [0.15, 0.2) is 11.4 Å². The molecule has 9 heteroatoms. The van der Waals surface area contributed by atoms with Crippen molar-refractivity contribution < 1.29 is 22.7 Å². The van der Waals surface area contributed by atoms with E-state index in [1.54, 1.807) is 0 Å². The first-order valence-electron chi connectivity index (χ1n) is 6.24. The van der Waals surface area contributed by atoms with Crippen LogP contribution in [0, 0.1) is 0 Å². The minimum absolute atomic E-state index is 0.0256. The molecule has 2 aromatic heterocycles. The maximum atomic E-state index is 12.4. The number of carbonyl (C=O) groups excluding carboxylic acids is 2. The van der Waals surface area contributed by atoms with Gasteiger partial charge in [-0.1, -0.05) is 0 Å². The van der Waals surface area contributed by atoms with Crippen LogP contribution in [0.4, 0.5) is 0 Å². The lowest BCUT2D eigenvalue weighted by molar-refractivity contribution is -0.113. The van der Waals surface area contributed by atoms with Gasteiger partial charge >= 0.3 is 10.2 Å². The molecule has 0 amide bonds. The zero-order valence-corrected chi connectivity index (χ0v) is 13.3. The summed E-state index contributed by atoms with van der Waals surface area (Å²) in [5, 5.41) is 0.190. The maximum Gasteiger partial charge on any atom is 0.308 e. The standard InChI is InChI=1S/C13H15N3O5S/c1-8(17)12(18)9-7-16(22(19,20)15(2)3)13-11(9)10(21-4)5-6-14-13/h5-7H,1-4H3. The van der Waals surface area contributed by atoms with Gasteiger partial charge in [-0.25, -0.2) is 8.96 Å². The van der Waals surface area contributed by atoms with Crippen molar-refractivity contribution >= 4 is 32.8 Å². The number of rotatable bonds is 5. The molecule has 0 radical (unpaired) electrons. The number of aromatic nitrogens is 2. The van der Waals surface area contributed by atoms with Crippen molar-refractivity contribution in [2.45, 2.75) is 6.92 Å². The summed E-state index contributed by atoms with van der Waals surface area (Å²) in [5.41, 5.74) is -0.0319. The van der Waals surface area contributed by atoms with Crippen LogP contribution in [-0.2, 0) is 15.0 Å². The number of fused-ring (bicyclic) bond motifs is 1. The molecular formula is C13H15N3O5S. The van der Waals surface area contributed by atoms with Crippen molar-refractivity contribution in [1.29, 1.82) is 0 Å². The number of ether oxygens (including phenoxy) is 1. The average molecular weight is 325 g/mol. The summed E-state index contributed by atoms with van der Waals surface area (Å²) in [4.78, 5) is 27.5. The Labute approximate surface area is 127 Å². The third-order valence-corrected chi connectivity index (χ3v) is 4.81. The molecule has 0 spiro atoms. The first kappa shape index (κ1) is 16.1. The minimum Gasteiger partial charge on any atom is -0.496 e. The fourth-order valence-electron chi connectivity index (χ4n) is 1.98. The second kappa shape index (κ2) is 5.50. The van der Waals surface area contributed by atoms with E-state index in [2.05, 4.69) is 4.98 Å². The molecule has 0 saturated carbocycles. The zero-order chi connectivity index (χ0) is 16.7. The maximum absolute atomic E-state index is 12.4. The first-order valence-corrected chi connectivity index (χ1v) is 7.63. The molecule has 0 aliphatic carbocycles. The van der Waals surface area contributed by atoms with E-state index >= 15 is 0 Å². The third-order valence-electron chi connectivity index (χ3n) is 3.11. The lowest BCUT2D eigenvalue weighted by Gasteiger charge is -2.12. The van der Waals surface area contributed by atoms with Crippen LogP contribution in [-0.4, -0.2) is 54.5 Å². The number of hydrogen-bond donors (Lipinski definition) is 0. The second-order valence-corrected chi connectivity index (χ2v) is 6.75. The molecule has 2 aromatic rings. The van der Waals surface area contributed by atoms with Crippen LogP contribution in [0.25, 0.3) is 11.0 Å². The molecular weight excluding hydrogens is 310 g/mol.